The lowest BCUT2D eigenvalue weighted by Crippen LogP contribution is -2.24. The van der Waals surface area contributed by atoms with Gasteiger partial charge in [0.2, 0.25) is 0 Å². The minimum absolute atomic E-state index is 0.294. The normalized spacial score (nSPS) is 28.5. The van der Waals surface area contributed by atoms with Crippen molar-refractivity contribution in [1.29, 1.82) is 0 Å². The van der Waals surface area contributed by atoms with Crippen LogP contribution in [0.1, 0.15) is 42.9 Å². The third-order valence-corrected chi connectivity index (χ3v) is 3.72. The molecule has 1 unspecified atom stereocenters. The predicted molar refractivity (Wildman–Crippen MR) is 53.5 cm³/mol. The molecule has 3 rings (SSSR count). The maximum Gasteiger partial charge on any atom is 0.0298 e. The molecule has 0 heterocycles. The van der Waals surface area contributed by atoms with Gasteiger partial charge >= 0.3 is 0 Å². The minimum atomic E-state index is 0.294. The van der Waals surface area contributed by atoms with Gasteiger partial charge in [-0.2, -0.15) is 0 Å². The van der Waals surface area contributed by atoms with E-state index in [0.29, 0.717) is 11.5 Å². The predicted octanol–water partition coefficient (Wildman–Crippen LogP) is 2.51. The maximum atomic E-state index is 6.10. The molecule has 68 valence electrons. The number of nitrogens with two attached hydrogens (primary N) is 1. The largest absolute Gasteiger partial charge is 0.324 e. The fourth-order valence-corrected chi connectivity index (χ4v) is 2.70. The van der Waals surface area contributed by atoms with E-state index in [0.717, 1.165) is 0 Å². The van der Waals surface area contributed by atoms with Crippen molar-refractivity contribution in [1.82, 2.24) is 0 Å². The lowest BCUT2D eigenvalue weighted by molar-refractivity contribution is 0.479. The molecule has 2 aliphatic rings. The Morgan fingerprint density at radius 2 is 1.92 bits per heavy atom. The van der Waals surface area contributed by atoms with Gasteiger partial charge in [0.15, 0.2) is 0 Å². The van der Waals surface area contributed by atoms with Crippen LogP contribution in [0.4, 0.5) is 0 Å². The lowest BCUT2D eigenvalue weighted by Gasteiger charge is -2.29. The van der Waals surface area contributed by atoms with Crippen molar-refractivity contribution in [3.8, 4) is 0 Å². The Bertz CT molecular complexity index is 339. The average Bonchev–Trinajstić information content (AvgIpc) is 2.94. The van der Waals surface area contributed by atoms with Gasteiger partial charge < -0.3 is 5.73 Å². The van der Waals surface area contributed by atoms with Gasteiger partial charge in [0.05, 0.1) is 0 Å². The highest BCUT2D eigenvalue weighted by Gasteiger charge is 2.47. The zero-order chi connectivity index (χ0) is 8.89. The summed E-state index contributed by atoms with van der Waals surface area (Å²) in [6.07, 6.45) is 5.26. The Morgan fingerprint density at radius 1 is 1.15 bits per heavy atom. The van der Waals surface area contributed by atoms with E-state index in [1.54, 1.807) is 5.56 Å². The molecule has 0 saturated heterocycles. The van der Waals surface area contributed by atoms with Crippen LogP contribution >= 0.6 is 0 Å². The van der Waals surface area contributed by atoms with Crippen LogP contribution < -0.4 is 5.73 Å². The smallest absolute Gasteiger partial charge is 0.0298 e. The molecule has 0 radical (unpaired) electrons. The van der Waals surface area contributed by atoms with E-state index in [2.05, 4.69) is 24.3 Å². The topological polar surface area (TPSA) is 26.0 Å². The summed E-state index contributed by atoms with van der Waals surface area (Å²) in [5.41, 5.74) is 9.62. The fraction of sp³-hybridized carbons (Fsp3) is 0.500. The van der Waals surface area contributed by atoms with Crippen molar-refractivity contribution in [3.63, 3.8) is 0 Å². The Kier molecular flexibility index (Phi) is 1.37. The second kappa shape index (κ2) is 2.36. The molecule has 13 heavy (non-hydrogen) atoms. The van der Waals surface area contributed by atoms with Crippen LogP contribution in [0.25, 0.3) is 0 Å². The van der Waals surface area contributed by atoms with Crippen molar-refractivity contribution in [2.45, 2.75) is 37.1 Å². The first-order valence-electron chi connectivity index (χ1n) is 5.17. The van der Waals surface area contributed by atoms with Crippen molar-refractivity contribution in [3.05, 3.63) is 35.4 Å². The summed E-state index contributed by atoms with van der Waals surface area (Å²) in [5, 5.41) is 0. The van der Waals surface area contributed by atoms with Crippen LogP contribution in [0, 0.1) is 0 Å². The summed E-state index contributed by atoms with van der Waals surface area (Å²) >= 11 is 0. The van der Waals surface area contributed by atoms with E-state index in [4.69, 9.17) is 5.73 Å². The van der Waals surface area contributed by atoms with Gasteiger partial charge in [0.25, 0.3) is 0 Å². The molecule has 1 nitrogen and oxygen atoms in total. The maximum absolute atomic E-state index is 6.10. The van der Waals surface area contributed by atoms with E-state index in [9.17, 15) is 0 Å². The molecular weight excluding hydrogens is 158 g/mol. The van der Waals surface area contributed by atoms with Crippen LogP contribution in [-0.4, -0.2) is 0 Å². The molecule has 1 saturated carbocycles. The van der Waals surface area contributed by atoms with Crippen LogP contribution in [0.3, 0.4) is 0 Å². The molecule has 2 N–H and O–H groups in total. The fourth-order valence-electron chi connectivity index (χ4n) is 2.70. The van der Waals surface area contributed by atoms with Crippen molar-refractivity contribution >= 4 is 0 Å². The highest BCUT2D eigenvalue weighted by atomic mass is 14.7. The van der Waals surface area contributed by atoms with Gasteiger partial charge in [-0.05, 0) is 42.2 Å². The molecule has 0 bridgehead atoms. The standard InChI is InChI=1S/C12H15N/c13-11-5-6-12(7-8-12)10-4-2-1-3-9(10)11/h1-4,11H,5-8,13H2. The summed E-state index contributed by atoms with van der Waals surface area (Å²) in [6.45, 7) is 0. The Labute approximate surface area is 78.9 Å². The zero-order valence-corrected chi connectivity index (χ0v) is 7.79. The molecule has 1 fully saturated rings. The monoisotopic (exact) mass is 173 g/mol. The molecule has 0 amide bonds. The molecule has 1 spiro atoms. The third-order valence-electron chi connectivity index (χ3n) is 3.72. The average molecular weight is 173 g/mol. The first-order valence-corrected chi connectivity index (χ1v) is 5.17. The summed E-state index contributed by atoms with van der Waals surface area (Å²) in [4.78, 5) is 0. The lowest BCUT2D eigenvalue weighted by atomic mass is 9.78. The van der Waals surface area contributed by atoms with E-state index in [-0.39, 0.29) is 0 Å². The van der Waals surface area contributed by atoms with Gasteiger partial charge in [0.1, 0.15) is 0 Å². The van der Waals surface area contributed by atoms with Crippen LogP contribution in [0.2, 0.25) is 0 Å². The van der Waals surface area contributed by atoms with Gasteiger partial charge in [-0.15, -0.1) is 0 Å². The zero-order valence-electron chi connectivity index (χ0n) is 7.79. The second-order valence-corrected chi connectivity index (χ2v) is 4.51. The van der Waals surface area contributed by atoms with Gasteiger partial charge in [-0.1, -0.05) is 24.3 Å². The number of benzene rings is 1. The van der Waals surface area contributed by atoms with Gasteiger partial charge in [-0.3, -0.25) is 0 Å². The Balaban J connectivity index is 2.16. The summed E-state index contributed by atoms with van der Waals surface area (Å²) in [5.74, 6) is 0. The highest BCUT2D eigenvalue weighted by Crippen LogP contribution is 2.56. The van der Waals surface area contributed by atoms with Crippen LogP contribution in [0.5, 0.6) is 0 Å². The number of fused-ring (bicyclic) bond motifs is 2. The summed E-state index contributed by atoms with van der Waals surface area (Å²) < 4.78 is 0. The van der Waals surface area contributed by atoms with Crippen LogP contribution in [-0.2, 0) is 5.41 Å². The highest BCUT2D eigenvalue weighted by molar-refractivity contribution is 5.42. The van der Waals surface area contributed by atoms with E-state index in [1.165, 1.54) is 31.2 Å². The van der Waals surface area contributed by atoms with E-state index < -0.39 is 0 Å². The Morgan fingerprint density at radius 3 is 2.69 bits per heavy atom. The molecular formula is C12H15N. The van der Waals surface area contributed by atoms with E-state index >= 15 is 0 Å². The van der Waals surface area contributed by atoms with Gasteiger partial charge in [0, 0.05) is 6.04 Å². The first kappa shape index (κ1) is 7.57. The van der Waals surface area contributed by atoms with Crippen molar-refractivity contribution < 1.29 is 0 Å². The van der Waals surface area contributed by atoms with Crippen LogP contribution in [0.15, 0.2) is 24.3 Å². The van der Waals surface area contributed by atoms with E-state index in [1.807, 2.05) is 0 Å². The molecule has 1 aromatic rings. The van der Waals surface area contributed by atoms with Crippen molar-refractivity contribution in [2.75, 3.05) is 0 Å². The summed E-state index contributed by atoms with van der Waals surface area (Å²) in [6, 6.07) is 9.04. The molecule has 1 atom stereocenters. The number of hydrogen-bond donors (Lipinski definition) is 1. The van der Waals surface area contributed by atoms with Gasteiger partial charge in [-0.25, -0.2) is 0 Å². The molecule has 0 aromatic heterocycles. The first-order chi connectivity index (χ1) is 6.32. The molecule has 1 heteroatoms. The molecule has 2 aliphatic carbocycles. The Hall–Kier alpha value is -0.820. The SMILES string of the molecule is NC1CCC2(CC2)c2ccccc21. The molecule has 0 aliphatic heterocycles. The van der Waals surface area contributed by atoms with Crippen molar-refractivity contribution in [2.24, 2.45) is 5.73 Å². The quantitative estimate of drug-likeness (QED) is 0.641. The number of hydrogen-bond acceptors (Lipinski definition) is 1. The molecule has 1 aromatic carbocycles. The summed E-state index contributed by atoms with van der Waals surface area (Å²) in [7, 11) is 0. The number of rotatable bonds is 0. The second-order valence-electron chi connectivity index (χ2n) is 4.51. The minimum Gasteiger partial charge on any atom is -0.324 e. The third kappa shape index (κ3) is 0.969.